The first-order valence-corrected chi connectivity index (χ1v) is 7.41. The second-order valence-electron chi connectivity index (χ2n) is 4.65. The fourth-order valence-electron chi connectivity index (χ4n) is 1.72. The van der Waals surface area contributed by atoms with E-state index >= 15 is 0 Å². The molecule has 0 radical (unpaired) electrons. The first-order chi connectivity index (χ1) is 8.47. The standard InChI is InChI=1S/C13H16BrN3S/c1-7(2)15-13-16-12(17-18-13)10-5-8(3)11(14)9(4)6-10/h5-7H,1-4H3,(H,15,16,17). The lowest BCUT2D eigenvalue weighted by molar-refractivity contribution is 0.896. The lowest BCUT2D eigenvalue weighted by Gasteiger charge is -2.05. The summed E-state index contributed by atoms with van der Waals surface area (Å²) in [7, 11) is 0. The molecule has 1 N–H and O–H groups in total. The van der Waals surface area contributed by atoms with Crippen LogP contribution in [0.25, 0.3) is 11.4 Å². The van der Waals surface area contributed by atoms with Gasteiger partial charge in [0, 0.05) is 27.6 Å². The number of benzene rings is 1. The second-order valence-corrected chi connectivity index (χ2v) is 6.19. The van der Waals surface area contributed by atoms with Gasteiger partial charge in [-0.15, -0.1) is 0 Å². The number of halogens is 1. The van der Waals surface area contributed by atoms with Crippen molar-refractivity contribution in [3.05, 3.63) is 27.7 Å². The van der Waals surface area contributed by atoms with Crippen LogP contribution in [0, 0.1) is 13.8 Å². The first-order valence-electron chi connectivity index (χ1n) is 5.84. The predicted molar refractivity (Wildman–Crippen MR) is 81.3 cm³/mol. The van der Waals surface area contributed by atoms with Gasteiger partial charge in [0.1, 0.15) is 0 Å². The van der Waals surface area contributed by atoms with Gasteiger partial charge in [0.2, 0.25) is 5.13 Å². The van der Waals surface area contributed by atoms with Gasteiger partial charge < -0.3 is 5.32 Å². The lowest BCUT2D eigenvalue weighted by atomic mass is 10.1. The number of hydrogen-bond acceptors (Lipinski definition) is 4. The van der Waals surface area contributed by atoms with Gasteiger partial charge in [0.15, 0.2) is 5.82 Å². The molecule has 0 atom stereocenters. The Kier molecular flexibility index (Phi) is 4.02. The van der Waals surface area contributed by atoms with Crippen molar-refractivity contribution in [3.8, 4) is 11.4 Å². The van der Waals surface area contributed by atoms with Crippen molar-refractivity contribution in [2.24, 2.45) is 0 Å². The minimum atomic E-state index is 0.374. The average molecular weight is 326 g/mol. The number of aryl methyl sites for hydroxylation is 2. The molecule has 18 heavy (non-hydrogen) atoms. The van der Waals surface area contributed by atoms with Gasteiger partial charge in [0.25, 0.3) is 0 Å². The number of hydrogen-bond donors (Lipinski definition) is 1. The number of rotatable bonds is 3. The molecule has 1 aromatic carbocycles. The van der Waals surface area contributed by atoms with Crippen molar-refractivity contribution in [2.45, 2.75) is 33.7 Å². The van der Waals surface area contributed by atoms with Gasteiger partial charge in [-0.2, -0.15) is 9.36 Å². The topological polar surface area (TPSA) is 37.8 Å². The van der Waals surface area contributed by atoms with Crippen LogP contribution >= 0.6 is 27.5 Å². The van der Waals surface area contributed by atoms with Gasteiger partial charge in [-0.25, -0.2) is 0 Å². The Hall–Kier alpha value is -0.940. The van der Waals surface area contributed by atoms with Crippen LogP contribution in [0.2, 0.25) is 0 Å². The van der Waals surface area contributed by atoms with E-state index in [4.69, 9.17) is 0 Å². The fourth-order valence-corrected chi connectivity index (χ4v) is 2.69. The summed E-state index contributed by atoms with van der Waals surface area (Å²) in [6, 6.07) is 4.59. The van der Waals surface area contributed by atoms with Crippen molar-refractivity contribution < 1.29 is 0 Å². The van der Waals surface area contributed by atoms with Gasteiger partial charge in [0.05, 0.1) is 0 Å². The minimum Gasteiger partial charge on any atom is -0.358 e. The summed E-state index contributed by atoms with van der Waals surface area (Å²) < 4.78 is 5.56. The summed E-state index contributed by atoms with van der Waals surface area (Å²) in [5.41, 5.74) is 3.48. The zero-order valence-corrected chi connectivity index (χ0v) is 13.3. The van der Waals surface area contributed by atoms with E-state index < -0.39 is 0 Å². The number of nitrogens with one attached hydrogen (secondary N) is 1. The quantitative estimate of drug-likeness (QED) is 0.908. The molecule has 0 bridgehead atoms. The number of anilines is 1. The van der Waals surface area contributed by atoms with Crippen LogP contribution in [0.4, 0.5) is 5.13 Å². The zero-order chi connectivity index (χ0) is 13.3. The molecule has 0 aliphatic carbocycles. The molecule has 0 unspecified atom stereocenters. The van der Waals surface area contributed by atoms with Gasteiger partial charge >= 0.3 is 0 Å². The van der Waals surface area contributed by atoms with Crippen molar-refractivity contribution >= 4 is 32.6 Å². The maximum Gasteiger partial charge on any atom is 0.203 e. The average Bonchev–Trinajstić information content (AvgIpc) is 2.72. The van der Waals surface area contributed by atoms with Crippen molar-refractivity contribution in [1.82, 2.24) is 9.36 Å². The SMILES string of the molecule is Cc1cc(-c2nsc(NC(C)C)n2)cc(C)c1Br. The van der Waals surface area contributed by atoms with Crippen LogP contribution in [0.1, 0.15) is 25.0 Å². The van der Waals surface area contributed by atoms with E-state index in [0.717, 1.165) is 21.0 Å². The molecule has 2 rings (SSSR count). The Labute approximate surface area is 120 Å². The molecular formula is C13H16BrN3S. The highest BCUT2D eigenvalue weighted by Crippen LogP contribution is 2.28. The van der Waals surface area contributed by atoms with Crippen LogP contribution in [0.3, 0.4) is 0 Å². The second kappa shape index (κ2) is 5.36. The minimum absolute atomic E-state index is 0.374. The van der Waals surface area contributed by atoms with Gasteiger partial charge in [-0.05, 0) is 51.0 Å². The Bertz CT molecular complexity index is 540. The molecule has 0 amide bonds. The van der Waals surface area contributed by atoms with Crippen molar-refractivity contribution in [1.29, 1.82) is 0 Å². The van der Waals surface area contributed by atoms with E-state index in [1.54, 1.807) is 0 Å². The summed E-state index contributed by atoms with van der Waals surface area (Å²) in [4.78, 5) is 4.51. The van der Waals surface area contributed by atoms with Crippen molar-refractivity contribution in [3.63, 3.8) is 0 Å². The highest BCUT2D eigenvalue weighted by molar-refractivity contribution is 9.10. The summed E-state index contributed by atoms with van der Waals surface area (Å²) in [5, 5.41) is 4.14. The molecule has 1 heterocycles. The summed E-state index contributed by atoms with van der Waals surface area (Å²) in [6.07, 6.45) is 0. The largest absolute Gasteiger partial charge is 0.358 e. The third-order valence-corrected chi connectivity index (χ3v) is 4.43. The normalized spacial score (nSPS) is 11.0. The molecule has 0 fully saturated rings. The van der Waals surface area contributed by atoms with E-state index in [2.05, 4.69) is 70.4 Å². The van der Waals surface area contributed by atoms with E-state index in [1.807, 2.05) is 0 Å². The van der Waals surface area contributed by atoms with Gasteiger partial charge in [-0.3, -0.25) is 0 Å². The molecule has 0 saturated heterocycles. The first kappa shape index (κ1) is 13.5. The van der Waals surface area contributed by atoms with Crippen LogP contribution in [-0.4, -0.2) is 15.4 Å². The number of aromatic nitrogens is 2. The highest BCUT2D eigenvalue weighted by atomic mass is 79.9. The van der Waals surface area contributed by atoms with Crippen molar-refractivity contribution in [2.75, 3.05) is 5.32 Å². The summed E-state index contributed by atoms with van der Waals surface area (Å²) in [5.74, 6) is 0.793. The molecule has 3 nitrogen and oxygen atoms in total. The molecule has 1 aromatic heterocycles. The maximum atomic E-state index is 4.51. The Balaban J connectivity index is 2.34. The molecule has 0 aliphatic heterocycles. The summed E-state index contributed by atoms with van der Waals surface area (Å²) >= 11 is 4.98. The Morgan fingerprint density at radius 2 is 1.83 bits per heavy atom. The molecule has 2 aromatic rings. The van der Waals surface area contributed by atoms with Gasteiger partial charge in [-0.1, -0.05) is 15.9 Å². The van der Waals surface area contributed by atoms with Crippen LogP contribution in [-0.2, 0) is 0 Å². The molecule has 0 saturated carbocycles. The predicted octanol–water partition coefficient (Wildman–Crippen LogP) is 4.40. The van der Waals surface area contributed by atoms with Crippen LogP contribution < -0.4 is 5.32 Å². The smallest absolute Gasteiger partial charge is 0.203 e. The van der Waals surface area contributed by atoms with E-state index in [0.29, 0.717) is 6.04 Å². The van der Waals surface area contributed by atoms with E-state index in [9.17, 15) is 0 Å². The molecular weight excluding hydrogens is 310 g/mol. The third-order valence-electron chi connectivity index (χ3n) is 2.53. The fraction of sp³-hybridized carbons (Fsp3) is 0.385. The molecule has 96 valence electrons. The molecule has 0 spiro atoms. The maximum absolute atomic E-state index is 4.51. The molecule has 0 aliphatic rings. The Morgan fingerprint density at radius 3 is 2.39 bits per heavy atom. The Morgan fingerprint density at radius 1 is 1.22 bits per heavy atom. The van der Waals surface area contributed by atoms with E-state index in [1.165, 1.54) is 22.7 Å². The lowest BCUT2D eigenvalue weighted by Crippen LogP contribution is -2.08. The van der Waals surface area contributed by atoms with E-state index in [-0.39, 0.29) is 0 Å². The molecule has 5 heteroatoms. The van der Waals surface area contributed by atoms with Crippen LogP contribution in [0.5, 0.6) is 0 Å². The summed E-state index contributed by atoms with van der Waals surface area (Å²) in [6.45, 7) is 8.35. The third kappa shape index (κ3) is 2.90. The van der Waals surface area contributed by atoms with Crippen LogP contribution in [0.15, 0.2) is 16.6 Å². The number of nitrogens with zero attached hydrogens (tertiary/aromatic N) is 2. The monoisotopic (exact) mass is 325 g/mol. The highest BCUT2D eigenvalue weighted by Gasteiger charge is 2.10. The zero-order valence-electron chi connectivity index (χ0n) is 10.9.